The number of hydrogen-bond donors (Lipinski definition) is 0. The number of carbonyl (C=O) groups is 2. The highest BCUT2D eigenvalue weighted by molar-refractivity contribution is 6.59. The van der Waals surface area contributed by atoms with Crippen LogP contribution in [-0.4, -0.2) is 36.9 Å². The van der Waals surface area contributed by atoms with Gasteiger partial charge in [-0.3, -0.25) is 4.79 Å². The summed E-state index contributed by atoms with van der Waals surface area (Å²) in [6, 6.07) is -0.365. The topological polar surface area (TPSA) is 37.4 Å². The second-order valence-electron chi connectivity index (χ2n) is 2.99. The second kappa shape index (κ2) is 3.74. The number of likely N-dealkylation sites (N-methyl/N-ethyl adjacent to an activating group) is 1. The molecule has 12 heavy (non-hydrogen) atoms. The summed E-state index contributed by atoms with van der Waals surface area (Å²) in [5.74, 6) is 0.0487. The summed E-state index contributed by atoms with van der Waals surface area (Å²) in [6.07, 6.45) is 2.05. The Bertz CT molecular complexity index is 205. The predicted molar refractivity (Wildman–Crippen MR) is 45.8 cm³/mol. The Kier molecular flexibility index (Phi) is 2.90. The number of likely N-dealkylation sites (tertiary alicyclic amines) is 1. The fraction of sp³-hybridized carbons (Fsp3) is 0.750. The van der Waals surface area contributed by atoms with Gasteiger partial charge in [-0.05, 0) is 19.8 Å². The van der Waals surface area contributed by atoms with Gasteiger partial charge in [0.15, 0.2) is 7.85 Å². The van der Waals surface area contributed by atoms with Gasteiger partial charge in [0, 0.05) is 13.0 Å². The molecule has 1 fully saturated rings. The summed E-state index contributed by atoms with van der Waals surface area (Å²) in [6.45, 7) is 2.44. The predicted octanol–water partition coefficient (Wildman–Crippen LogP) is 0.0825. The van der Waals surface area contributed by atoms with Crippen molar-refractivity contribution in [2.75, 3.05) is 6.54 Å². The number of piperidine rings is 1. The van der Waals surface area contributed by atoms with Crippen LogP contribution in [0.25, 0.3) is 0 Å². The average Bonchev–Trinajstić information content (AvgIpc) is 2.03. The maximum Gasteiger partial charge on any atom is 0.223 e. The van der Waals surface area contributed by atoms with Gasteiger partial charge in [0.1, 0.15) is 0 Å². The molecule has 0 bridgehead atoms. The van der Waals surface area contributed by atoms with Gasteiger partial charge >= 0.3 is 0 Å². The highest BCUT2D eigenvalue weighted by Gasteiger charge is 2.28. The number of carbonyl (C=O) groups excluding carboxylic acids is 2. The van der Waals surface area contributed by atoms with Gasteiger partial charge in [0.2, 0.25) is 5.91 Å². The first-order valence-corrected chi connectivity index (χ1v) is 4.25. The third-order valence-electron chi connectivity index (χ3n) is 2.23. The minimum absolute atomic E-state index is 0.0487. The van der Waals surface area contributed by atoms with Crippen LogP contribution >= 0.6 is 0 Å². The Hall–Kier alpha value is -0.795. The van der Waals surface area contributed by atoms with Gasteiger partial charge in [-0.25, -0.2) is 0 Å². The first kappa shape index (κ1) is 9.29. The molecule has 0 aromatic carbocycles. The van der Waals surface area contributed by atoms with E-state index in [-0.39, 0.29) is 17.6 Å². The van der Waals surface area contributed by atoms with Crippen molar-refractivity contribution in [1.29, 1.82) is 0 Å². The number of rotatable bonds is 2. The van der Waals surface area contributed by atoms with Crippen LogP contribution in [0.1, 0.15) is 26.2 Å². The minimum Gasteiger partial charge on any atom is -0.334 e. The zero-order chi connectivity index (χ0) is 9.14. The normalized spacial score (nSPS) is 24.2. The van der Waals surface area contributed by atoms with Crippen molar-refractivity contribution in [3.63, 3.8) is 0 Å². The van der Waals surface area contributed by atoms with Crippen molar-refractivity contribution in [2.24, 2.45) is 0 Å². The van der Waals surface area contributed by atoms with Gasteiger partial charge in [-0.15, -0.1) is 0 Å². The van der Waals surface area contributed by atoms with Gasteiger partial charge in [0.05, 0.1) is 11.7 Å². The third-order valence-corrected chi connectivity index (χ3v) is 2.23. The maximum atomic E-state index is 11.3. The van der Waals surface area contributed by atoms with Gasteiger partial charge < -0.3 is 9.69 Å². The van der Waals surface area contributed by atoms with Crippen LogP contribution in [0.5, 0.6) is 0 Å². The zero-order valence-electron chi connectivity index (χ0n) is 7.25. The Morgan fingerprint density at radius 1 is 1.75 bits per heavy atom. The molecule has 1 aliphatic heterocycles. The van der Waals surface area contributed by atoms with E-state index in [0.717, 1.165) is 12.8 Å². The lowest BCUT2D eigenvalue weighted by Crippen LogP contribution is -2.47. The van der Waals surface area contributed by atoms with Crippen LogP contribution < -0.4 is 0 Å². The lowest BCUT2D eigenvalue weighted by molar-refractivity contribution is -0.140. The summed E-state index contributed by atoms with van der Waals surface area (Å²) in [7, 11) is 5.16. The summed E-state index contributed by atoms with van der Waals surface area (Å²) < 4.78 is 0. The summed E-state index contributed by atoms with van der Waals surface area (Å²) in [5, 5.41) is 0. The van der Waals surface area contributed by atoms with Crippen LogP contribution in [0.2, 0.25) is 0 Å². The average molecular weight is 165 g/mol. The zero-order valence-corrected chi connectivity index (χ0v) is 7.25. The molecule has 0 unspecified atom stereocenters. The SMILES string of the molecule is [B]C(=O)[C@@H]1CCCC(=O)N1CC. The maximum absolute atomic E-state index is 11.3. The molecule has 0 aliphatic carbocycles. The fourth-order valence-corrected chi connectivity index (χ4v) is 1.61. The summed E-state index contributed by atoms with van der Waals surface area (Å²) in [5.41, 5.74) is -0.384. The molecule has 1 atom stereocenters. The van der Waals surface area contributed by atoms with Gasteiger partial charge in [0.25, 0.3) is 0 Å². The molecule has 1 saturated heterocycles. The van der Waals surface area contributed by atoms with E-state index < -0.39 is 0 Å². The molecule has 0 aromatic rings. The molecule has 0 N–H and O–H groups in total. The standard InChI is InChI=1S/C8H12BNO2/c1-2-10-6(8(9)12)4-3-5-7(10)11/h6H,2-5H2,1H3/t6-/m0/s1. The van der Waals surface area contributed by atoms with E-state index in [1.54, 1.807) is 4.90 Å². The van der Waals surface area contributed by atoms with Crippen molar-refractivity contribution in [3.8, 4) is 0 Å². The summed E-state index contributed by atoms with van der Waals surface area (Å²) >= 11 is 0. The number of nitrogens with zero attached hydrogens (tertiary/aromatic N) is 1. The number of amides is 1. The van der Waals surface area contributed by atoms with E-state index in [1.165, 1.54) is 0 Å². The van der Waals surface area contributed by atoms with Crippen molar-refractivity contribution in [1.82, 2.24) is 4.90 Å². The van der Waals surface area contributed by atoms with E-state index in [4.69, 9.17) is 7.85 Å². The molecule has 1 amide bonds. The molecular weight excluding hydrogens is 153 g/mol. The van der Waals surface area contributed by atoms with Gasteiger partial charge in [-0.1, -0.05) is 0 Å². The monoisotopic (exact) mass is 165 g/mol. The fourth-order valence-electron chi connectivity index (χ4n) is 1.61. The van der Waals surface area contributed by atoms with E-state index in [2.05, 4.69) is 0 Å². The molecule has 1 aliphatic rings. The molecule has 2 radical (unpaired) electrons. The highest BCUT2D eigenvalue weighted by Crippen LogP contribution is 2.17. The molecule has 3 nitrogen and oxygen atoms in total. The lowest BCUT2D eigenvalue weighted by Gasteiger charge is -2.33. The molecule has 1 rings (SSSR count). The molecule has 0 spiro atoms. The van der Waals surface area contributed by atoms with Crippen LogP contribution in [0, 0.1) is 0 Å². The van der Waals surface area contributed by atoms with Crippen LogP contribution in [0.15, 0.2) is 0 Å². The van der Waals surface area contributed by atoms with E-state index in [1.807, 2.05) is 6.92 Å². The Morgan fingerprint density at radius 3 is 2.83 bits per heavy atom. The van der Waals surface area contributed by atoms with Crippen LogP contribution in [0.3, 0.4) is 0 Å². The molecule has 0 aromatic heterocycles. The van der Waals surface area contributed by atoms with Crippen molar-refractivity contribution >= 4 is 19.4 Å². The second-order valence-corrected chi connectivity index (χ2v) is 2.99. The van der Waals surface area contributed by atoms with Crippen molar-refractivity contribution in [2.45, 2.75) is 32.2 Å². The van der Waals surface area contributed by atoms with E-state index >= 15 is 0 Å². The molecular formula is C8H12BNO2. The van der Waals surface area contributed by atoms with Crippen molar-refractivity contribution < 1.29 is 9.59 Å². The van der Waals surface area contributed by atoms with E-state index in [0.29, 0.717) is 13.0 Å². The largest absolute Gasteiger partial charge is 0.334 e. The van der Waals surface area contributed by atoms with Crippen LogP contribution in [0.4, 0.5) is 0 Å². The van der Waals surface area contributed by atoms with Crippen molar-refractivity contribution in [3.05, 3.63) is 0 Å². The smallest absolute Gasteiger partial charge is 0.223 e. The molecule has 1 heterocycles. The Balaban J connectivity index is 2.70. The number of hydrogen-bond acceptors (Lipinski definition) is 2. The van der Waals surface area contributed by atoms with E-state index in [9.17, 15) is 9.59 Å². The molecule has 0 saturated carbocycles. The summed E-state index contributed by atoms with van der Waals surface area (Å²) in [4.78, 5) is 23.7. The molecule has 64 valence electrons. The van der Waals surface area contributed by atoms with Crippen LogP contribution in [-0.2, 0) is 9.59 Å². The quantitative estimate of drug-likeness (QED) is 0.543. The Labute approximate surface area is 73.5 Å². The highest BCUT2D eigenvalue weighted by atomic mass is 16.2. The minimum atomic E-state index is -0.384. The first-order chi connectivity index (χ1) is 5.66. The molecule has 4 heteroatoms. The third kappa shape index (κ3) is 1.68. The first-order valence-electron chi connectivity index (χ1n) is 4.25. The Morgan fingerprint density at radius 2 is 2.42 bits per heavy atom. The lowest BCUT2D eigenvalue weighted by atomic mass is 9.88. The van der Waals surface area contributed by atoms with Gasteiger partial charge in [-0.2, -0.15) is 0 Å².